The second-order valence-corrected chi connectivity index (χ2v) is 37.1. The van der Waals surface area contributed by atoms with Crippen molar-refractivity contribution in [1.29, 1.82) is 0 Å². The van der Waals surface area contributed by atoms with Crippen LogP contribution < -0.4 is 0 Å². The summed E-state index contributed by atoms with van der Waals surface area (Å²) in [5, 5.41) is 34.3. The lowest BCUT2D eigenvalue weighted by molar-refractivity contribution is 0.995. The molecule has 6 aromatic heterocycles. The molecule has 0 aliphatic heterocycles. The average molecular weight is 1780 g/mol. The molecule has 0 atom stereocenters. The Morgan fingerprint density at radius 3 is 0.721 bits per heavy atom. The molecule has 0 bridgehead atoms. The lowest BCUT2D eigenvalue weighted by atomic mass is 9.93. The quantitative estimate of drug-likeness (QED) is 0.128. The van der Waals surface area contributed by atoms with E-state index in [0.717, 1.165) is 111 Å². The number of rotatable bonds is 10. The summed E-state index contributed by atoms with van der Waals surface area (Å²) in [6.07, 6.45) is 0. The van der Waals surface area contributed by atoms with Crippen LogP contribution in [-0.2, 0) is 0 Å². The van der Waals surface area contributed by atoms with Gasteiger partial charge in [-0.15, -0.1) is 0 Å². The highest BCUT2D eigenvalue weighted by atomic mass is 15.2. The average Bonchev–Trinajstić information content (AvgIpc) is 1.21. The van der Waals surface area contributed by atoms with E-state index in [0.29, 0.717) is 11.9 Å². The first-order valence-corrected chi connectivity index (χ1v) is 47.9. The largest absolute Gasteiger partial charge is 0.309 e. The minimum absolute atomic E-state index is 0.635. The highest BCUT2D eigenvalue weighted by molar-refractivity contribution is 6.29. The van der Waals surface area contributed by atoms with Crippen molar-refractivity contribution in [3.05, 3.63) is 485 Å². The Balaban J connectivity index is 0.000000134. The van der Waals surface area contributed by atoms with Crippen LogP contribution in [0.3, 0.4) is 0 Å². The lowest BCUT2D eigenvalue weighted by Crippen LogP contribution is -2.04. The lowest BCUT2D eigenvalue weighted by Gasteiger charge is -2.16. The monoisotopic (exact) mass is 1780 g/mol. The van der Waals surface area contributed by atoms with E-state index in [1.165, 1.54) is 163 Å². The summed E-state index contributed by atoms with van der Waals surface area (Å²) < 4.78 is 9.41. The third-order valence-corrected chi connectivity index (χ3v) is 29.3. The van der Waals surface area contributed by atoms with Gasteiger partial charge >= 0.3 is 0 Å². The van der Waals surface area contributed by atoms with Crippen LogP contribution in [0.2, 0.25) is 0 Å². The van der Waals surface area contributed by atoms with Gasteiger partial charge in [-0.1, -0.05) is 358 Å². The van der Waals surface area contributed by atoms with Crippen molar-refractivity contribution >= 4 is 195 Å². The topological polar surface area (TPSA) is 71.3 Å². The molecule has 0 saturated carbocycles. The summed E-state index contributed by atoms with van der Waals surface area (Å²) in [6, 6.07) is 176. The molecule has 0 aliphatic rings. The second-order valence-electron chi connectivity index (χ2n) is 37.1. The third kappa shape index (κ3) is 12.6. The summed E-state index contributed by atoms with van der Waals surface area (Å²) in [5.74, 6) is 1.27. The fourth-order valence-corrected chi connectivity index (χ4v) is 22.8. The molecular weight excluding hydrogens is 1700 g/mol. The molecule has 0 saturated heterocycles. The molecular formula is C132H80N8. The number of hydrogen-bond acceptors (Lipinski definition) is 4. The Labute approximate surface area is 803 Å². The van der Waals surface area contributed by atoms with E-state index >= 15 is 0 Å². The highest BCUT2D eigenvalue weighted by Gasteiger charge is 2.26. The van der Waals surface area contributed by atoms with Gasteiger partial charge in [0.2, 0.25) is 11.9 Å². The van der Waals surface area contributed by atoms with E-state index in [1.54, 1.807) is 0 Å². The molecule has 6 heterocycles. The molecule has 8 nitrogen and oxygen atoms in total. The van der Waals surface area contributed by atoms with Gasteiger partial charge in [-0.05, 0) is 252 Å². The van der Waals surface area contributed by atoms with Crippen LogP contribution in [-0.4, -0.2) is 38.2 Å². The van der Waals surface area contributed by atoms with Gasteiger partial charge < -0.3 is 9.13 Å². The van der Waals surface area contributed by atoms with E-state index in [-0.39, 0.29) is 0 Å². The number of hydrogen-bond donors (Lipinski definition) is 0. The first-order valence-electron chi connectivity index (χ1n) is 47.9. The number of para-hydroxylation sites is 4. The van der Waals surface area contributed by atoms with Gasteiger partial charge in [0, 0.05) is 76.4 Å². The fraction of sp³-hybridized carbons (Fsp3) is 0. The van der Waals surface area contributed by atoms with E-state index in [2.05, 4.69) is 504 Å². The Morgan fingerprint density at radius 1 is 0.129 bits per heavy atom. The molecule has 24 aromatic carbocycles. The molecule has 140 heavy (non-hydrogen) atoms. The molecule has 30 aromatic rings. The predicted molar refractivity (Wildman–Crippen MR) is 589 cm³/mol. The van der Waals surface area contributed by atoms with Crippen LogP contribution in [0.4, 0.5) is 0 Å². The predicted octanol–water partition coefficient (Wildman–Crippen LogP) is 34.9. The Kier molecular flexibility index (Phi) is 17.7. The normalized spacial score (nSPS) is 12.0. The fourth-order valence-electron chi connectivity index (χ4n) is 22.8. The van der Waals surface area contributed by atoms with Crippen LogP contribution in [0.5, 0.6) is 0 Å². The zero-order valence-electron chi connectivity index (χ0n) is 75.8. The second kappa shape index (κ2) is 31.4. The van der Waals surface area contributed by atoms with E-state index in [4.69, 9.17) is 19.9 Å². The zero-order chi connectivity index (χ0) is 91.7. The summed E-state index contributed by atoms with van der Waals surface area (Å²) >= 11 is 0. The number of fused-ring (bicyclic) bond motifs is 28. The van der Waals surface area contributed by atoms with Crippen LogP contribution in [0.15, 0.2) is 485 Å². The molecule has 8 heteroatoms. The smallest absolute Gasteiger partial charge is 0.235 e. The van der Waals surface area contributed by atoms with Crippen LogP contribution >= 0.6 is 0 Å². The standard InChI is InChI=1S/2C66H40N4/c1-3-16-43-36-47(30-28-41(43)14-1)58-40-59(48-31-29-42-15-2-4-17-44(42)37-48)68-66(67-58)70-61-26-12-10-22-53(61)57-39-46(33-35-63(57)70)45-32-34-62-56(38-45)52-21-9-11-25-60(52)69(62)64-27-13-24-55-51-19-6-5-18-49(51)50-20-7-8-23-54(50)65(55)64;1-3-15-43-35-47(27-25-41(43)13-1)60-40-61(48-28-26-42-14-2-4-16-44(42)36-48)68-66(67-60)70-63-24-12-10-22-56(63)59-38-46(30-34-65(59)70)45-29-33-64-58(37-45)55-21-9-11-23-62(55)69(64)49-31-32-54-52-19-6-5-17-50(52)51-18-7-8-20-53(51)57(54)39-49/h2*1-40H. The van der Waals surface area contributed by atoms with Gasteiger partial charge in [0.1, 0.15) is 0 Å². The van der Waals surface area contributed by atoms with E-state index in [1.807, 2.05) is 0 Å². The maximum absolute atomic E-state index is 5.41. The maximum atomic E-state index is 5.41. The Bertz CT molecular complexity index is 10200. The number of aromatic nitrogens is 8. The Hall–Kier alpha value is -18.8. The van der Waals surface area contributed by atoms with Gasteiger partial charge in [0.25, 0.3) is 0 Å². The van der Waals surface area contributed by atoms with Crippen LogP contribution in [0.1, 0.15) is 0 Å². The van der Waals surface area contributed by atoms with Gasteiger partial charge in [-0.25, -0.2) is 19.9 Å². The van der Waals surface area contributed by atoms with E-state index < -0.39 is 0 Å². The summed E-state index contributed by atoms with van der Waals surface area (Å²) in [5.41, 5.74) is 23.6. The van der Waals surface area contributed by atoms with Crippen LogP contribution in [0, 0.1) is 0 Å². The van der Waals surface area contributed by atoms with Crippen molar-refractivity contribution < 1.29 is 0 Å². The van der Waals surface area contributed by atoms with Crippen molar-refractivity contribution in [3.8, 4) is 90.6 Å². The third-order valence-electron chi connectivity index (χ3n) is 29.3. The zero-order valence-corrected chi connectivity index (χ0v) is 75.8. The molecule has 0 N–H and O–H groups in total. The maximum Gasteiger partial charge on any atom is 0.235 e. The van der Waals surface area contributed by atoms with E-state index in [9.17, 15) is 0 Å². The SMILES string of the molecule is c1ccc2cc(-c3cc(-c4ccc5ccccc5c4)nc(-n4c5ccccc5c5cc(-c6ccc7c(c6)c6ccccc6n7-c6ccc7c8ccccc8c8ccccc8c7c6)ccc54)n3)ccc2c1.c1ccc2cc(-c3cc(-c4ccc5ccccc5c4)nc(-n4c5ccccc5c5cc(-c6ccc7c(c6)c6ccccc6n7-c6cccc7c8ccccc8c8ccccc8c67)ccc54)n3)ccc2c1. The van der Waals surface area contributed by atoms with Crippen LogP contribution in [0.25, 0.3) is 286 Å². The number of benzene rings is 24. The molecule has 0 fully saturated rings. The van der Waals surface area contributed by atoms with Crippen molar-refractivity contribution in [2.45, 2.75) is 0 Å². The molecule has 0 spiro atoms. The van der Waals surface area contributed by atoms with Gasteiger partial charge in [-0.3, -0.25) is 9.13 Å². The molecule has 648 valence electrons. The minimum atomic E-state index is 0.635. The van der Waals surface area contributed by atoms with Crippen molar-refractivity contribution in [2.24, 2.45) is 0 Å². The van der Waals surface area contributed by atoms with Crippen molar-refractivity contribution in [2.75, 3.05) is 0 Å². The first-order chi connectivity index (χ1) is 69.4. The summed E-state index contributed by atoms with van der Waals surface area (Å²) in [6.45, 7) is 0. The van der Waals surface area contributed by atoms with Crippen molar-refractivity contribution in [3.63, 3.8) is 0 Å². The summed E-state index contributed by atoms with van der Waals surface area (Å²) in [4.78, 5) is 21.6. The highest BCUT2D eigenvalue weighted by Crippen LogP contribution is 2.48. The number of nitrogens with zero attached hydrogens (tertiary/aromatic N) is 8. The van der Waals surface area contributed by atoms with Gasteiger partial charge in [-0.2, -0.15) is 0 Å². The Morgan fingerprint density at radius 2 is 0.371 bits per heavy atom. The van der Waals surface area contributed by atoms with Crippen molar-refractivity contribution in [1.82, 2.24) is 38.2 Å². The molecule has 0 amide bonds. The summed E-state index contributed by atoms with van der Waals surface area (Å²) in [7, 11) is 0. The molecule has 0 unspecified atom stereocenters. The minimum Gasteiger partial charge on any atom is -0.309 e. The van der Waals surface area contributed by atoms with Gasteiger partial charge in [0.15, 0.2) is 0 Å². The van der Waals surface area contributed by atoms with Gasteiger partial charge in [0.05, 0.1) is 72.6 Å². The first kappa shape index (κ1) is 78.7. The molecule has 0 aliphatic carbocycles. The molecule has 0 radical (unpaired) electrons. The molecule has 30 rings (SSSR count).